The third kappa shape index (κ3) is 2.77. The van der Waals surface area contributed by atoms with Crippen molar-refractivity contribution in [3.63, 3.8) is 0 Å². The number of aromatic nitrogens is 1. The van der Waals surface area contributed by atoms with Gasteiger partial charge in [0.25, 0.3) is 5.91 Å². The summed E-state index contributed by atoms with van der Waals surface area (Å²) in [5.74, 6) is -1.36. The first-order chi connectivity index (χ1) is 9.51. The Labute approximate surface area is 114 Å². The smallest absolute Gasteiger partial charge is 0.373 e. The lowest BCUT2D eigenvalue weighted by Crippen LogP contribution is -2.11. The van der Waals surface area contributed by atoms with E-state index in [9.17, 15) is 9.59 Å². The fourth-order valence-corrected chi connectivity index (χ4v) is 1.56. The zero-order valence-electron chi connectivity index (χ0n) is 10.8. The summed E-state index contributed by atoms with van der Waals surface area (Å²) < 4.78 is 9.93. The molecule has 0 fully saturated rings. The average Bonchev–Trinajstić information content (AvgIpc) is 2.79. The Kier molecular flexibility index (Phi) is 3.69. The van der Waals surface area contributed by atoms with Gasteiger partial charge in [0.05, 0.1) is 12.8 Å². The van der Waals surface area contributed by atoms with Gasteiger partial charge >= 0.3 is 12.0 Å². The molecule has 0 aliphatic carbocycles. The molecule has 2 N–H and O–H groups in total. The molecule has 0 saturated heterocycles. The van der Waals surface area contributed by atoms with Gasteiger partial charge in [-0.25, -0.2) is 4.79 Å². The van der Waals surface area contributed by atoms with Crippen molar-refractivity contribution in [1.82, 2.24) is 4.98 Å². The number of anilines is 1. The molecule has 0 radical (unpaired) electrons. The van der Waals surface area contributed by atoms with E-state index < -0.39 is 11.9 Å². The number of ether oxygens (including phenoxy) is 1. The third-order valence-electron chi connectivity index (χ3n) is 2.56. The number of rotatable bonds is 4. The SMILES string of the molecule is COc1ccc(C(=O)Nc2nc(C)c(C(=O)O)o2)cc1. The molecule has 2 rings (SSSR count). The monoisotopic (exact) mass is 276 g/mol. The van der Waals surface area contributed by atoms with Crippen LogP contribution in [0, 0.1) is 6.92 Å². The Hall–Kier alpha value is -2.83. The number of aryl methyl sites for hydroxylation is 1. The minimum Gasteiger partial charge on any atom is -0.497 e. The van der Waals surface area contributed by atoms with Crippen molar-refractivity contribution >= 4 is 17.9 Å². The first-order valence-corrected chi connectivity index (χ1v) is 5.67. The quantitative estimate of drug-likeness (QED) is 0.884. The molecule has 20 heavy (non-hydrogen) atoms. The zero-order valence-corrected chi connectivity index (χ0v) is 10.8. The first-order valence-electron chi connectivity index (χ1n) is 5.67. The number of methoxy groups -OCH3 is 1. The summed E-state index contributed by atoms with van der Waals surface area (Å²) in [6, 6.07) is 6.27. The standard InChI is InChI=1S/C13H12N2O5/c1-7-10(12(17)18)20-13(14-7)15-11(16)8-3-5-9(19-2)6-4-8/h3-6H,1-2H3,(H,17,18)(H,14,15,16). The summed E-state index contributed by atoms with van der Waals surface area (Å²) >= 11 is 0. The van der Waals surface area contributed by atoms with Crippen LogP contribution in [0.15, 0.2) is 28.7 Å². The third-order valence-corrected chi connectivity index (χ3v) is 2.56. The molecule has 7 heteroatoms. The number of carboxylic acid groups (broad SMARTS) is 1. The first kappa shape index (κ1) is 13.6. The van der Waals surface area contributed by atoms with Gasteiger partial charge in [-0.3, -0.25) is 10.1 Å². The predicted octanol–water partition coefficient (Wildman–Crippen LogP) is 1.94. The van der Waals surface area contributed by atoms with Gasteiger partial charge in [0.2, 0.25) is 5.76 Å². The van der Waals surface area contributed by atoms with E-state index >= 15 is 0 Å². The second-order valence-corrected chi connectivity index (χ2v) is 3.92. The largest absolute Gasteiger partial charge is 0.497 e. The fourth-order valence-electron chi connectivity index (χ4n) is 1.56. The molecule has 1 aromatic heterocycles. The lowest BCUT2D eigenvalue weighted by Gasteiger charge is -2.02. The van der Waals surface area contributed by atoms with Crippen LogP contribution in [0.25, 0.3) is 0 Å². The van der Waals surface area contributed by atoms with E-state index in [0.717, 1.165) is 0 Å². The van der Waals surface area contributed by atoms with Crippen LogP contribution in [-0.2, 0) is 0 Å². The molecule has 0 atom stereocenters. The Morgan fingerprint density at radius 3 is 2.45 bits per heavy atom. The molecule has 0 bridgehead atoms. The van der Waals surface area contributed by atoms with Gasteiger partial charge < -0.3 is 14.3 Å². The molecule has 104 valence electrons. The van der Waals surface area contributed by atoms with Gasteiger partial charge in [-0.05, 0) is 31.2 Å². The summed E-state index contributed by atoms with van der Waals surface area (Å²) in [5.41, 5.74) is 0.570. The maximum atomic E-state index is 11.9. The number of carbonyl (C=O) groups excluding carboxylic acids is 1. The van der Waals surface area contributed by atoms with Gasteiger partial charge in [-0.15, -0.1) is 0 Å². The fraction of sp³-hybridized carbons (Fsp3) is 0.154. The molecule has 2 aromatic rings. The van der Waals surface area contributed by atoms with Crippen molar-refractivity contribution in [2.45, 2.75) is 6.92 Å². The highest BCUT2D eigenvalue weighted by Crippen LogP contribution is 2.16. The highest BCUT2D eigenvalue weighted by molar-refractivity contribution is 6.03. The number of carboxylic acids is 1. The maximum absolute atomic E-state index is 11.9. The molecular weight excluding hydrogens is 264 g/mol. The number of carbonyl (C=O) groups is 2. The predicted molar refractivity (Wildman–Crippen MR) is 69.1 cm³/mol. The molecule has 0 aliphatic heterocycles. The van der Waals surface area contributed by atoms with Gasteiger partial charge in [-0.1, -0.05) is 0 Å². The second-order valence-electron chi connectivity index (χ2n) is 3.92. The topological polar surface area (TPSA) is 102 Å². The van der Waals surface area contributed by atoms with E-state index in [0.29, 0.717) is 11.3 Å². The van der Waals surface area contributed by atoms with Crippen molar-refractivity contribution in [2.24, 2.45) is 0 Å². The summed E-state index contributed by atoms with van der Waals surface area (Å²) in [6.07, 6.45) is 0. The molecular formula is C13H12N2O5. The molecule has 0 saturated carbocycles. The zero-order chi connectivity index (χ0) is 14.7. The van der Waals surface area contributed by atoms with Crippen LogP contribution in [0.4, 0.5) is 6.01 Å². The molecule has 1 amide bonds. The second kappa shape index (κ2) is 5.43. The van der Waals surface area contributed by atoms with Crippen molar-refractivity contribution < 1.29 is 23.8 Å². The van der Waals surface area contributed by atoms with Crippen LogP contribution in [0.3, 0.4) is 0 Å². The van der Waals surface area contributed by atoms with E-state index in [4.69, 9.17) is 14.3 Å². The number of amides is 1. The summed E-state index contributed by atoms with van der Waals surface area (Å²) in [6.45, 7) is 1.48. The lowest BCUT2D eigenvalue weighted by molar-refractivity contribution is 0.0661. The number of aromatic carboxylic acids is 1. The van der Waals surface area contributed by atoms with Crippen LogP contribution in [0.2, 0.25) is 0 Å². The minimum atomic E-state index is -1.24. The number of hydrogen-bond donors (Lipinski definition) is 2. The Balaban J connectivity index is 2.14. The molecule has 0 unspecified atom stereocenters. The van der Waals surface area contributed by atoms with Crippen molar-refractivity contribution in [3.8, 4) is 5.75 Å². The Morgan fingerprint density at radius 1 is 1.30 bits per heavy atom. The Morgan fingerprint density at radius 2 is 1.95 bits per heavy atom. The highest BCUT2D eigenvalue weighted by Gasteiger charge is 2.18. The molecule has 0 aliphatic rings. The maximum Gasteiger partial charge on any atom is 0.373 e. The molecule has 0 spiro atoms. The summed E-state index contributed by atoms with van der Waals surface area (Å²) in [5, 5.41) is 11.2. The highest BCUT2D eigenvalue weighted by atomic mass is 16.5. The van der Waals surface area contributed by atoms with Crippen LogP contribution >= 0.6 is 0 Å². The minimum absolute atomic E-state index is 0.152. The summed E-state index contributed by atoms with van der Waals surface area (Å²) in [7, 11) is 1.53. The lowest BCUT2D eigenvalue weighted by atomic mass is 10.2. The number of nitrogens with one attached hydrogen (secondary N) is 1. The normalized spacial score (nSPS) is 10.1. The number of oxazole rings is 1. The van der Waals surface area contributed by atoms with Gasteiger partial charge in [0, 0.05) is 5.56 Å². The van der Waals surface area contributed by atoms with Crippen molar-refractivity contribution in [2.75, 3.05) is 12.4 Å². The Bertz CT molecular complexity index is 645. The van der Waals surface area contributed by atoms with E-state index in [1.165, 1.54) is 14.0 Å². The molecule has 7 nitrogen and oxygen atoms in total. The van der Waals surface area contributed by atoms with Crippen LogP contribution in [0.5, 0.6) is 5.75 Å². The van der Waals surface area contributed by atoms with Crippen molar-refractivity contribution in [1.29, 1.82) is 0 Å². The van der Waals surface area contributed by atoms with E-state index in [1.54, 1.807) is 24.3 Å². The van der Waals surface area contributed by atoms with Gasteiger partial charge in [0.1, 0.15) is 5.75 Å². The number of benzene rings is 1. The molecule has 1 heterocycles. The number of hydrogen-bond acceptors (Lipinski definition) is 5. The van der Waals surface area contributed by atoms with Gasteiger partial charge in [0.15, 0.2) is 0 Å². The summed E-state index contributed by atoms with van der Waals surface area (Å²) in [4.78, 5) is 26.5. The average molecular weight is 276 g/mol. The van der Waals surface area contributed by atoms with Crippen LogP contribution in [0.1, 0.15) is 26.6 Å². The van der Waals surface area contributed by atoms with Crippen molar-refractivity contribution in [3.05, 3.63) is 41.3 Å². The van der Waals surface area contributed by atoms with Gasteiger partial charge in [-0.2, -0.15) is 4.98 Å². The van der Waals surface area contributed by atoms with E-state index in [1.807, 2.05) is 0 Å². The van der Waals surface area contributed by atoms with Crippen LogP contribution < -0.4 is 10.1 Å². The van der Waals surface area contributed by atoms with E-state index in [2.05, 4.69) is 10.3 Å². The van der Waals surface area contributed by atoms with E-state index in [-0.39, 0.29) is 17.5 Å². The number of nitrogens with zero attached hydrogens (tertiary/aromatic N) is 1. The van der Waals surface area contributed by atoms with Crippen LogP contribution in [-0.4, -0.2) is 29.1 Å². The molecule has 1 aromatic carbocycles.